The van der Waals surface area contributed by atoms with Crippen LogP contribution in [0.2, 0.25) is 0 Å². The molecule has 3 aromatic carbocycles. The third kappa shape index (κ3) is 9.00. The Balaban J connectivity index is 1.33. The van der Waals surface area contributed by atoms with Gasteiger partial charge in [-0.25, -0.2) is 4.79 Å². The molecule has 0 saturated carbocycles. The second-order valence-corrected chi connectivity index (χ2v) is 12.9. The molecule has 49 heavy (non-hydrogen) atoms. The van der Waals surface area contributed by atoms with Crippen LogP contribution in [0.25, 0.3) is 21.8 Å². The number of para-hydroxylation sites is 2. The zero-order valence-corrected chi connectivity index (χ0v) is 27.8. The number of aromatic nitrogens is 2. The average Bonchev–Trinajstić information content (AvgIpc) is 3.70. The molecule has 9 N–H and O–H groups in total. The smallest absolute Gasteiger partial charge is 0.326 e. The van der Waals surface area contributed by atoms with E-state index in [1.807, 2.05) is 54.8 Å². The Morgan fingerprint density at radius 1 is 0.714 bits per heavy atom. The molecule has 5 aromatic rings. The van der Waals surface area contributed by atoms with Crippen molar-refractivity contribution in [1.82, 2.24) is 25.9 Å². The first-order valence-electron chi connectivity index (χ1n) is 15.9. The number of phenols is 1. The van der Waals surface area contributed by atoms with Gasteiger partial charge in [0.2, 0.25) is 17.7 Å². The molecule has 256 valence electrons. The predicted octanol–water partition coefficient (Wildman–Crippen LogP) is 3.00. The summed E-state index contributed by atoms with van der Waals surface area (Å²) in [6, 6.07) is 16.9. The number of aliphatic carboxylic acids is 1. The second kappa shape index (κ2) is 16.2. The van der Waals surface area contributed by atoms with Crippen LogP contribution in [0.4, 0.5) is 0 Å². The third-order valence-electron chi connectivity index (χ3n) is 8.42. The van der Waals surface area contributed by atoms with E-state index in [9.17, 15) is 29.4 Å². The maximum absolute atomic E-state index is 13.9. The Labute approximate surface area is 287 Å². The van der Waals surface area contributed by atoms with E-state index in [0.29, 0.717) is 5.75 Å². The number of rotatable bonds is 16. The monoisotopic (exact) mass is 684 g/mol. The van der Waals surface area contributed by atoms with Gasteiger partial charge < -0.3 is 41.9 Å². The molecule has 0 saturated heterocycles. The van der Waals surface area contributed by atoms with Crippen LogP contribution in [0.5, 0.6) is 5.75 Å². The number of phenolic OH excluding ortho intramolecular Hbond substituents is 1. The molecule has 12 nitrogen and oxygen atoms in total. The van der Waals surface area contributed by atoms with E-state index in [2.05, 4.69) is 25.9 Å². The van der Waals surface area contributed by atoms with Crippen molar-refractivity contribution in [2.24, 2.45) is 5.73 Å². The molecule has 0 radical (unpaired) electrons. The van der Waals surface area contributed by atoms with Crippen LogP contribution in [-0.4, -0.2) is 80.0 Å². The Hall–Kier alpha value is -5.27. The molecule has 3 amide bonds. The fourth-order valence-corrected chi connectivity index (χ4v) is 6.23. The summed E-state index contributed by atoms with van der Waals surface area (Å²) in [5.41, 5.74) is 10.2. The van der Waals surface area contributed by atoms with Gasteiger partial charge in [-0.05, 0) is 65.8 Å². The summed E-state index contributed by atoms with van der Waals surface area (Å²) in [5, 5.41) is 29.6. The van der Waals surface area contributed by atoms with Crippen LogP contribution < -0.4 is 21.7 Å². The third-order valence-corrected chi connectivity index (χ3v) is 9.06. The number of nitrogens with two attached hydrogens (primary N) is 1. The van der Waals surface area contributed by atoms with Crippen LogP contribution in [0.3, 0.4) is 0 Å². The fourth-order valence-electron chi connectivity index (χ4n) is 5.76. The van der Waals surface area contributed by atoms with Crippen LogP contribution in [-0.2, 0) is 38.4 Å². The first-order chi connectivity index (χ1) is 23.6. The molecule has 2 heterocycles. The highest BCUT2D eigenvalue weighted by Crippen LogP contribution is 2.21. The summed E-state index contributed by atoms with van der Waals surface area (Å²) in [7, 11) is 0. The maximum Gasteiger partial charge on any atom is 0.326 e. The molecule has 0 aliphatic rings. The van der Waals surface area contributed by atoms with Gasteiger partial charge in [0.1, 0.15) is 23.9 Å². The minimum atomic E-state index is -1.25. The molecule has 4 unspecified atom stereocenters. The van der Waals surface area contributed by atoms with E-state index in [4.69, 9.17) is 5.73 Å². The standard InChI is InChI=1S/C36H40N6O6S/c1-49-15-14-30(34(45)42-32(36(47)48)18-23-20-39-29-9-5-3-7-26(23)29)40-35(46)31(17-22-19-38-28-8-4-2-6-25(22)28)41-33(44)27(37)16-21-10-12-24(43)13-11-21/h2-13,19-20,27,30-32,38-39,43H,14-18,37H2,1H3,(H,40,46)(H,41,44)(H,42,45)(H,47,48). The highest BCUT2D eigenvalue weighted by molar-refractivity contribution is 7.98. The Morgan fingerprint density at radius 2 is 1.22 bits per heavy atom. The molecular weight excluding hydrogens is 644 g/mol. The van der Waals surface area contributed by atoms with Gasteiger partial charge in [-0.2, -0.15) is 11.8 Å². The molecule has 0 fully saturated rings. The number of aromatic amines is 2. The van der Waals surface area contributed by atoms with Crippen molar-refractivity contribution in [3.05, 3.63) is 102 Å². The molecule has 13 heteroatoms. The normalized spacial score (nSPS) is 13.8. The predicted molar refractivity (Wildman–Crippen MR) is 190 cm³/mol. The van der Waals surface area contributed by atoms with Crippen molar-refractivity contribution >= 4 is 57.3 Å². The topological polar surface area (TPSA) is 202 Å². The van der Waals surface area contributed by atoms with Gasteiger partial charge in [-0.15, -0.1) is 0 Å². The minimum absolute atomic E-state index is 0.0342. The number of H-pyrrole nitrogens is 2. The summed E-state index contributed by atoms with van der Waals surface area (Å²) >= 11 is 1.48. The van der Waals surface area contributed by atoms with Crippen LogP contribution in [0.1, 0.15) is 23.1 Å². The van der Waals surface area contributed by atoms with Crippen LogP contribution in [0, 0.1) is 0 Å². The molecule has 4 atom stereocenters. The van der Waals surface area contributed by atoms with Crippen molar-refractivity contribution in [3.8, 4) is 5.75 Å². The van der Waals surface area contributed by atoms with Gasteiger partial charge in [0.25, 0.3) is 0 Å². The van der Waals surface area contributed by atoms with Gasteiger partial charge in [-0.1, -0.05) is 48.5 Å². The Bertz CT molecular complexity index is 1920. The summed E-state index contributed by atoms with van der Waals surface area (Å²) in [5.74, 6) is -2.43. The number of hydrogen-bond acceptors (Lipinski definition) is 7. The summed E-state index contributed by atoms with van der Waals surface area (Å²) in [6.45, 7) is 0. The fraction of sp³-hybridized carbons (Fsp3) is 0.278. The average molecular weight is 685 g/mol. The zero-order valence-electron chi connectivity index (χ0n) is 26.9. The number of carboxylic acids is 1. The quantitative estimate of drug-likeness (QED) is 0.0775. The Morgan fingerprint density at radius 3 is 1.80 bits per heavy atom. The van der Waals surface area contributed by atoms with Gasteiger partial charge >= 0.3 is 5.97 Å². The lowest BCUT2D eigenvalue weighted by Gasteiger charge is -2.25. The number of carbonyl (C=O) groups excluding carboxylic acids is 3. The van der Waals surface area contributed by atoms with E-state index in [1.54, 1.807) is 24.5 Å². The van der Waals surface area contributed by atoms with Gasteiger partial charge in [0.05, 0.1) is 6.04 Å². The highest BCUT2D eigenvalue weighted by Gasteiger charge is 2.31. The molecule has 0 aliphatic carbocycles. The van der Waals surface area contributed by atoms with E-state index < -0.39 is 47.9 Å². The number of hydrogen-bond donors (Lipinski definition) is 8. The first kappa shape index (κ1) is 35.0. The lowest BCUT2D eigenvalue weighted by molar-refractivity contribution is -0.142. The first-order valence-corrected chi connectivity index (χ1v) is 17.3. The minimum Gasteiger partial charge on any atom is -0.508 e. The van der Waals surface area contributed by atoms with Crippen molar-refractivity contribution in [3.63, 3.8) is 0 Å². The summed E-state index contributed by atoms with van der Waals surface area (Å²) in [4.78, 5) is 59.5. The molecule has 0 aliphatic heterocycles. The second-order valence-electron chi connectivity index (χ2n) is 11.9. The molecule has 0 spiro atoms. The van der Waals surface area contributed by atoms with Crippen LogP contribution >= 0.6 is 11.8 Å². The van der Waals surface area contributed by atoms with Gasteiger partial charge in [0, 0.05) is 47.0 Å². The molecule has 2 aromatic heterocycles. The number of amides is 3. The van der Waals surface area contributed by atoms with Crippen molar-refractivity contribution in [1.29, 1.82) is 0 Å². The number of carboxylic acid groups (broad SMARTS) is 1. The summed E-state index contributed by atoms with van der Waals surface area (Å²) in [6.07, 6.45) is 5.89. The van der Waals surface area contributed by atoms with Crippen molar-refractivity contribution in [2.75, 3.05) is 12.0 Å². The van der Waals surface area contributed by atoms with E-state index in [1.165, 1.54) is 23.9 Å². The lowest BCUT2D eigenvalue weighted by atomic mass is 10.0. The van der Waals surface area contributed by atoms with Crippen LogP contribution in [0.15, 0.2) is 85.2 Å². The highest BCUT2D eigenvalue weighted by atomic mass is 32.2. The lowest BCUT2D eigenvalue weighted by Crippen LogP contribution is -2.58. The number of aromatic hydroxyl groups is 1. The van der Waals surface area contributed by atoms with E-state index in [0.717, 1.165) is 38.5 Å². The zero-order chi connectivity index (χ0) is 34.9. The summed E-state index contributed by atoms with van der Waals surface area (Å²) < 4.78 is 0. The number of fused-ring (bicyclic) bond motifs is 2. The van der Waals surface area contributed by atoms with E-state index in [-0.39, 0.29) is 31.4 Å². The molecular formula is C36H40N6O6S. The van der Waals surface area contributed by atoms with Crippen molar-refractivity contribution < 1.29 is 29.4 Å². The Kier molecular flexibility index (Phi) is 11.6. The number of nitrogens with one attached hydrogen (secondary N) is 5. The number of benzene rings is 3. The number of thioether (sulfide) groups is 1. The molecule has 0 bridgehead atoms. The van der Waals surface area contributed by atoms with Gasteiger partial charge in [-0.3, -0.25) is 14.4 Å². The van der Waals surface area contributed by atoms with Gasteiger partial charge in [0.15, 0.2) is 0 Å². The number of carbonyl (C=O) groups is 4. The van der Waals surface area contributed by atoms with Crippen molar-refractivity contribution in [2.45, 2.75) is 49.9 Å². The van der Waals surface area contributed by atoms with E-state index >= 15 is 0 Å². The molecule has 5 rings (SSSR count). The SMILES string of the molecule is CSCCC(NC(=O)C(Cc1c[nH]c2ccccc12)NC(=O)C(N)Cc1ccc(O)cc1)C(=O)NC(Cc1c[nH]c2ccccc12)C(=O)O. The maximum atomic E-state index is 13.9. The largest absolute Gasteiger partial charge is 0.508 e.